The first-order valence-corrected chi connectivity index (χ1v) is 9.91. The molecule has 0 spiro atoms. The summed E-state index contributed by atoms with van der Waals surface area (Å²) in [7, 11) is 0. The van der Waals surface area contributed by atoms with Gasteiger partial charge in [-0.05, 0) is 44.7 Å². The number of amides is 1. The van der Waals surface area contributed by atoms with E-state index in [4.69, 9.17) is 4.42 Å². The van der Waals surface area contributed by atoms with Crippen LogP contribution in [-0.4, -0.2) is 54.0 Å². The molecule has 1 aromatic carbocycles. The highest BCUT2D eigenvalue weighted by atomic mass is 16.4. The summed E-state index contributed by atoms with van der Waals surface area (Å²) in [6, 6.07) is 9.81. The van der Waals surface area contributed by atoms with Crippen molar-refractivity contribution >= 4 is 22.6 Å². The Morgan fingerprint density at radius 1 is 1.19 bits per heavy atom. The zero-order valence-electron chi connectivity index (χ0n) is 15.8. The molecule has 0 bridgehead atoms. The molecule has 0 unspecified atom stereocenters. The fourth-order valence-corrected chi connectivity index (χ4v) is 4.27. The van der Waals surface area contributed by atoms with E-state index in [0.29, 0.717) is 24.2 Å². The van der Waals surface area contributed by atoms with Crippen LogP contribution in [0.15, 0.2) is 39.5 Å². The second-order valence-electron chi connectivity index (χ2n) is 7.75. The van der Waals surface area contributed by atoms with Gasteiger partial charge in [-0.15, -0.1) is 0 Å². The molecule has 2 aromatic rings. The van der Waals surface area contributed by atoms with E-state index in [1.807, 2.05) is 29.2 Å². The van der Waals surface area contributed by atoms with E-state index < -0.39 is 0 Å². The second kappa shape index (κ2) is 7.72. The summed E-state index contributed by atoms with van der Waals surface area (Å²) < 4.78 is 5.26. The van der Waals surface area contributed by atoms with Crippen LogP contribution in [0.2, 0.25) is 0 Å². The Hall–Kier alpha value is -2.34. The van der Waals surface area contributed by atoms with Crippen LogP contribution < -0.4 is 10.9 Å². The SMILES string of the molecule is C[C@@H]1CCCN1C(=O)CN1CCC(Nc2cc(=O)oc3ccccc23)CC1. The Morgan fingerprint density at radius 3 is 2.70 bits per heavy atom. The maximum Gasteiger partial charge on any atom is 0.338 e. The number of rotatable bonds is 4. The fourth-order valence-electron chi connectivity index (χ4n) is 4.27. The van der Waals surface area contributed by atoms with Gasteiger partial charge < -0.3 is 14.6 Å². The monoisotopic (exact) mass is 369 g/mol. The minimum atomic E-state index is -0.334. The number of carbonyl (C=O) groups excluding carboxylic acids is 1. The second-order valence-corrected chi connectivity index (χ2v) is 7.75. The van der Waals surface area contributed by atoms with Crippen molar-refractivity contribution in [2.24, 2.45) is 0 Å². The van der Waals surface area contributed by atoms with Gasteiger partial charge in [0.2, 0.25) is 5.91 Å². The lowest BCUT2D eigenvalue weighted by molar-refractivity contribution is -0.133. The van der Waals surface area contributed by atoms with Crippen molar-refractivity contribution in [1.29, 1.82) is 0 Å². The molecule has 2 aliphatic rings. The molecule has 27 heavy (non-hydrogen) atoms. The lowest BCUT2D eigenvalue weighted by Crippen LogP contribution is -2.46. The number of fused-ring (bicyclic) bond motifs is 1. The highest BCUT2D eigenvalue weighted by Gasteiger charge is 2.28. The van der Waals surface area contributed by atoms with Crippen LogP contribution in [0, 0.1) is 0 Å². The molecule has 1 N–H and O–H groups in total. The molecule has 1 atom stereocenters. The normalized spacial score (nSPS) is 21.7. The van der Waals surface area contributed by atoms with Gasteiger partial charge in [-0.2, -0.15) is 0 Å². The van der Waals surface area contributed by atoms with Crippen LogP contribution in [-0.2, 0) is 4.79 Å². The summed E-state index contributed by atoms with van der Waals surface area (Å²) in [6.07, 6.45) is 4.16. The van der Waals surface area contributed by atoms with E-state index in [0.717, 1.165) is 56.4 Å². The number of para-hydroxylation sites is 1. The third-order valence-corrected chi connectivity index (χ3v) is 5.83. The van der Waals surface area contributed by atoms with E-state index in [9.17, 15) is 9.59 Å². The fraction of sp³-hybridized carbons (Fsp3) is 0.524. The van der Waals surface area contributed by atoms with Gasteiger partial charge in [-0.1, -0.05) is 12.1 Å². The van der Waals surface area contributed by atoms with Crippen molar-refractivity contribution in [1.82, 2.24) is 9.80 Å². The third-order valence-electron chi connectivity index (χ3n) is 5.83. The Labute approximate surface area is 159 Å². The molecule has 144 valence electrons. The van der Waals surface area contributed by atoms with E-state index in [1.165, 1.54) is 6.07 Å². The van der Waals surface area contributed by atoms with Crippen molar-refractivity contribution < 1.29 is 9.21 Å². The number of anilines is 1. The van der Waals surface area contributed by atoms with Crippen molar-refractivity contribution in [2.75, 3.05) is 31.5 Å². The van der Waals surface area contributed by atoms with E-state index in [1.54, 1.807) is 0 Å². The highest BCUT2D eigenvalue weighted by molar-refractivity contribution is 5.89. The molecule has 2 saturated heterocycles. The van der Waals surface area contributed by atoms with Gasteiger partial charge in [0, 0.05) is 43.2 Å². The Morgan fingerprint density at radius 2 is 1.96 bits per heavy atom. The molecule has 1 amide bonds. The molecule has 3 heterocycles. The number of carbonyl (C=O) groups is 1. The lowest BCUT2D eigenvalue weighted by atomic mass is 10.0. The molecule has 1 aromatic heterocycles. The van der Waals surface area contributed by atoms with Crippen LogP contribution in [0.3, 0.4) is 0 Å². The average molecular weight is 369 g/mol. The van der Waals surface area contributed by atoms with Gasteiger partial charge in [0.15, 0.2) is 0 Å². The van der Waals surface area contributed by atoms with Crippen molar-refractivity contribution in [2.45, 2.75) is 44.7 Å². The number of piperidine rings is 1. The topological polar surface area (TPSA) is 65.8 Å². The third kappa shape index (κ3) is 4.00. The van der Waals surface area contributed by atoms with Crippen molar-refractivity contribution in [3.63, 3.8) is 0 Å². The Kier molecular flexibility index (Phi) is 5.16. The van der Waals surface area contributed by atoms with E-state index in [-0.39, 0.29) is 11.5 Å². The summed E-state index contributed by atoms with van der Waals surface area (Å²) in [5.41, 5.74) is 1.11. The first-order chi connectivity index (χ1) is 13.1. The maximum atomic E-state index is 12.5. The number of benzene rings is 1. The Bertz CT molecular complexity index is 870. The van der Waals surface area contributed by atoms with Crippen LogP contribution in [0.25, 0.3) is 11.0 Å². The zero-order chi connectivity index (χ0) is 18.8. The molecule has 6 nitrogen and oxygen atoms in total. The van der Waals surface area contributed by atoms with E-state index in [2.05, 4.69) is 17.1 Å². The largest absolute Gasteiger partial charge is 0.423 e. The summed E-state index contributed by atoms with van der Waals surface area (Å²) in [5.74, 6) is 0.262. The van der Waals surface area contributed by atoms with E-state index >= 15 is 0 Å². The minimum Gasteiger partial charge on any atom is -0.423 e. The van der Waals surface area contributed by atoms with Gasteiger partial charge in [0.05, 0.1) is 12.2 Å². The molecule has 0 saturated carbocycles. The number of likely N-dealkylation sites (tertiary alicyclic amines) is 2. The number of nitrogens with one attached hydrogen (secondary N) is 1. The van der Waals surface area contributed by atoms with Crippen molar-refractivity contribution in [3.8, 4) is 0 Å². The van der Waals surface area contributed by atoms with Crippen LogP contribution in [0.5, 0.6) is 0 Å². The van der Waals surface area contributed by atoms with Gasteiger partial charge in [0.1, 0.15) is 5.58 Å². The lowest BCUT2D eigenvalue weighted by Gasteiger charge is -2.34. The molecule has 4 rings (SSSR count). The molecular formula is C21H27N3O3. The summed E-state index contributed by atoms with van der Waals surface area (Å²) in [4.78, 5) is 28.6. The smallest absolute Gasteiger partial charge is 0.338 e. The summed E-state index contributed by atoms with van der Waals surface area (Å²) in [5, 5.41) is 4.45. The Balaban J connectivity index is 1.35. The van der Waals surface area contributed by atoms with Crippen LogP contribution >= 0.6 is 0 Å². The predicted octanol–water partition coefficient (Wildman–Crippen LogP) is 2.68. The summed E-state index contributed by atoms with van der Waals surface area (Å²) >= 11 is 0. The zero-order valence-corrected chi connectivity index (χ0v) is 15.8. The predicted molar refractivity (Wildman–Crippen MR) is 106 cm³/mol. The van der Waals surface area contributed by atoms with Gasteiger partial charge in [-0.3, -0.25) is 9.69 Å². The molecule has 0 aliphatic carbocycles. The van der Waals surface area contributed by atoms with Gasteiger partial charge in [-0.25, -0.2) is 4.79 Å². The standard InChI is InChI=1S/C21H27N3O3/c1-15-5-4-10-24(15)20(25)14-23-11-8-16(9-12-23)22-18-13-21(26)27-19-7-3-2-6-17(18)19/h2-3,6-7,13,15-16,22H,4-5,8-12,14H2,1H3/t15-/m1/s1. The first kappa shape index (κ1) is 18.0. The molecule has 2 aliphatic heterocycles. The number of hydrogen-bond acceptors (Lipinski definition) is 5. The molecule has 6 heteroatoms. The highest BCUT2D eigenvalue weighted by Crippen LogP contribution is 2.24. The molecule has 0 radical (unpaired) electrons. The first-order valence-electron chi connectivity index (χ1n) is 9.91. The van der Waals surface area contributed by atoms with Crippen LogP contribution in [0.1, 0.15) is 32.6 Å². The molecule has 2 fully saturated rings. The summed E-state index contributed by atoms with van der Waals surface area (Å²) in [6.45, 7) is 5.36. The van der Waals surface area contributed by atoms with Gasteiger partial charge >= 0.3 is 5.63 Å². The number of hydrogen-bond donors (Lipinski definition) is 1. The number of nitrogens with zero attached hydrogens (tertiary/aromatic N) is 2. The van der Waals surface area contributed by atoms with Crippen molar-refractivity contribution in [3.05, 3.63) is 40.8 Å². The van der Waals surface area contributed by atoms with Crippen LogP contribution in [0.4, 0.5) is 5.69 Å². The molecular weight excluding hydrogens is 342 g/mol. The van der Waals surface area contributed by atoms with Gasteiger partial charge in [0.25, 0.3) is 0 Å². The minimum absolute atomic E-state index is 0.262. The average Bonchev–Trinajstić information content (AvgIpc) is 3.09. The quantitative estimate of drug-likeness (QED) is 0.840. The maximum absolute atomic E-state index is 12.5.